The molecule has 7 nitrogen and oxygen atoms in total. The highest BCUT2D eigenvalue weighted by atomic mass is 19.2. The molecule has 1 aliphatic rings. The lowest BCUT2D eigenvalue weighted by Crippen LogP contribution is -2.39. The number of urea groups is 1. The van der Waals surface area contributed by atoms with Crippen molar-refractivity contribution in [2.24, 2.45) is 0 Å². The Balaban J connectivity index is 1.42. The Bertz CT molecular complexity index is 860. The summed E-state index contributed by atoms with van der Waals surface area (Å²) >= 11 is 0. The first-order valence-corrected chi connectivity index (χ1v) is 8.16. The molecule has 0 unspecified atom stereocenters. The number of hydrogen-bond acceptors (Lipinski definition) is 4. The number of anilines is 1. The van der Waals surface area contributed by atoms with E-state index in [0.717, 1.165) is 17.7 Å². The fourth-order valence-corrected chi connectivity index (χ4v) is 2.38. The molecule has 142 valence electrons. The third-order valence-corrected chi connectivity index (χ3v) is 3.67. The molecule has 0 aromatic heterocycles. The minimum atomic E-state index is -1.07. The number of carbonyl (C=O) groups is 2. The van der Waals surface area contributed by atoms with Gasteiger partial charge in [0.15, 0.2) is 23.1 Å². The van der Waals surface area contributed by atoms with Crippen LogP contribution in [0.3, 0.4) is 0 Å². The van der Waals surface area contributed by atoms with E-state index < -0.39 is 23.6 Å². The lowest BCUT2D eigenvalue weighted by molar-refractivity contribution is -0.115. The fourth-order valence-electron chi connectivity index (χ4n) is 2.38. The molecule has 0 bridgehead atoms. The van der Waals surface area contributed by atoms with Crippen molar-refractivity contribution in [2.75, 3.05) is 25.1 Å². The van der Waals surface area contributed by atoms with Gasteiger partial charge in [0.25, 0.3) is 0 Å². The zero-order valence-electron chi connectivity index (χ0n) is 14.2. The Labute approximate surface area is 153 Å². The van der Waals surface area contributed by atoms with Gasteiger partial charge < -0.3 is 25.4 Å². The van der Waals surface area contributed by atoms with Crippen molar-refractivity contribution in [1.82, 2.24) is 10.6 Å². The van der Waals surface area contributed by atoms with Crippen LogP contribution < -0.4 is 25.4 Å². The summed E-state index contributed by atoms with van der Waals surface area (Å²) in [5.74, 6) is -1.38. The van der Waals surface area contributed by atoms with Gasteiger partial charge in [-0.25, -0.2) is 13.6 Å². The maximum Gasteiger partial charge on any atom is 0.315 e. The number of fused-ring (bicyclic) bond motifs is 1. The van der Waals surface area contributed by atoms with Crippen LogP contribution >= 0.6 is 0 Å². The number of hydrogen-bond donors (Lipinski definition) is 3. The number of carbonyl (C=O) groups excluding carboxylic acids is 2. The molecular weight excluding hydrogens is 360 g/mol. The minimum Gasteiger partial charge on any atom is -0.486 e. The molecule has 0 fully saturated rings. The topological polar surface area (TPSA) is 88.7 Å². The predicted molar refractivity (Wildman–Crippen MR) is 92.7 cm³/mol. The van der Waals surface area contributed by atoms with E-state index in [0.29, 0.717) is 24.7 Å². The smallest absolute Gasteiger partial charge is 0.315 e. The van der Waals surface area contributed by atoms with Gasteiger partial charge in [0.2, 0.25) is 5.91 Å². The lowest BCUT2D eigenvalue weighted by Gasteiger charge is -2.19. The molecule has 0 spiro atoms. The van der Waals surface area contributed by atoms with Crippen molar-refractivity contribution in [3.05, 3.63) is 53.6 Å². The molecule has 1 heterocycles. The number of amides is 3. The van der Waals surface area contributed by atoms with Crippen molar-refractivity contribution in [2.45, 2.75) is 6.54 Å². The standard InChI is InChI=1S/C18H17F2N3O4/c19-13-3-2-12(8-14(13)20)23-17(24)10-22-18(25)21-9-11-1-4-15-16(7-11)27-6-5-26-15/h1-4,7-8H,5-6,9-10H2,(H,23,24)(H2,21,22,25). The Kier molecular flexibility index (Phi) is 5.70. The molecule has 0 saturated heterocycles. The highest BCUT2D eigenvalue weighted by Gasteiger charge is 2.12. The molecule has 0 atom stereocenters. The van der Waals surface area contributed by atoms with Gasteiger partial charge in [0.05, 0.1) is 6.54 Å². The van der Waals surface area contributed by atoms with Gasteiger partial charge in [0, 0.05) is 18.3 Å². The second-order valence-corrected chi connectivity index (χ2v) is 5.69. The van der Waals surface area contributed by atoms with E-state index in [9.17, 15) is 18.4 Å². The Morgan fingerprint density at radius 3 is 2.48 bits per heavy atom. The Morgan fingerprint density at radius 2 is 1.70 bits per heavy atom. The van der Waals surface area contributed by atoms with Crippen LogP contribution in [0.1, 0.15) is 5.56 Å². The summed E-state index contributed by atoms with van der Waals surface area (Å²) in [5.41, 5.74) is 0.901. The molecule has 27 heavy (non-hydrogen) atoms. The summed E-state index contributed by atoms with van der Waals surface area (Å²) in [7, 11) is 0. The summed E-state index contributed by atoms with van der Waals surface area (Å²) in [4.78, 5) is 23.5. The minimum absolute atomic E-state index is 0.0948. The van der Waals surface area contributed by atoms with E-state index >= 15 is 0 Å². The van der Waals surface area contributed by atoms with E-state index in [1.807, 2.05) is 0 Å². The SMILES string of the molecule is O=C(CNC(=O)NCc1ccc2c(c1)OCCO2)Nc1ccc(F)c(F)c1. The summed E-state index contributed by atoms with van der Waals surface area (Å²) in [5, 5.41) is 7.34. The fraction of sp³-hybridized carbons (Fsp3) is 0.222. The number of benzene rings is 2. The van der Waals surface area contributed by atoms with Crippen LogP contribution in [-0.4, -0.2) is 31.7 Å². The zero-order chi connectivity index (χ0) is 19.2. The summed E-state index contributed by atoms with van der Waals surface area (Å²) in [6.45, 7) is 0.871. The summed E-state index contributed by atoms with van der Waals surface area (Å²) < 4.78 is 36.8. The maximum atomic E-state index is 13.1. The molecule has 2 aromatic carbocycles. The van der Waals surface area contributed by atoms with Gasteiger partial charge in [-0.15, -0.1) is 0 Å². The van der Waals surface area contributed by atoms with Crippen LogP contribution in [0.25, 0.3) is 0 Å². The number of ether oxygens (including phenoxy) is 2. The Morgan fingerprint density at radius 1 is 0.926 bits per heavy atom. The van der Waals surface area contributed by atoms with Crippen LogP contribution in [-0.2, 0) is 11.3 Å². The number of rotatable bonds is 5. The normalized spacial score (nSPS) is 12.2. The molecule has 0 radical (unpaired) electrons. The maximum absolute atomic E-state index is 13.1. The van der Waals surface area contributed by atoms with Gasteiger partial charge >= 0.3 is 6.03 Å². The first-order chi connectivity index (χ1) is 13.0. The summed E-state index contributed by atoms with van der Waals surface area (Å²) in [6, 6.07) is 7.75. The molecule has 0 saturated carbocycles. The van der Waals surface area contributed by atoms with E-state index in [4.69, 9.17) is 9.47 Å². The van der Waals surface area contributed by atoms with Gasteiger partial charge in [-0.2, -0.15) is 0 Å². The van der Waals surface area contributed by atoms with Crippen molar-refractivity contribution >= 4 is 17.6 Å². The van der Waals surface area contributed by atoms with Gasteiger partial charge in [0.1, 0.15) is 13.2 Å². The van der Waals surface area contributed by atoms with Gasteiger partial charge in [-0.1, -0.05) is 6.07 Å². The van der Waals surface area contributed by atoms with E-state index in [2.05, 4.69) is 16.0 Å². The third kappa shape index (κ3) is 5.06. The molecule has 3 rings (SSSR count). The zero-order valence-corrected chi connectivity index (χ0v) is 14.2. The Hall–Kier alpha value is -3.36. The second-order valence-electron chi connectivity index (χ2n) is 5.69. The third-order valence-electron chi connectivity index (χ3n) is 3.67. The molecule has 0 aliphatic carbocycles. The molecule has 3 N–H and O–H groups in total. The average Bonchev–Trinajstić information content (AvgIpc) is 2.67. The largest absolute Gasteiger partial charge is 0.486 e. The quantitative estimate of drug-likeness (QED) is 0.745. The monoisotopic (exact) mass is 377 g/mol. The first kappa shape index (κ1) is 18.4. The molecular formula is C18H17F2N3O4. The van der Waals surface area contributed by atoms with Gasteiger partial charge in [-0.3, -0.25) is 4.79 Å². The van der Waals surface area contributed by atoms with Crippen LogP contribution in [0.5, 0.6) is 11.5 Å². The summed E-state index contributed by atoms with van der Waals surface area (Å²) in [6.07, 6.45) is 0. The van der Waals surface area contributed by atoms with Crippen molar-refractivity contribution in [3.8, 4) is 11.5 Å². The molecule has 1 aliphatic heterocycles. The van der Waals surface area contributed by atoms with Crippen LogP contribution in [0.2, 0.25) is 0 Å². The number of halogens is 2. The molecule has 9 heteroatoms. The second kappa shape index (κ2) is 8.35. The van der Waals surface area contributed by atoms with E-state index in [1.165, 1.54) is 6.07 Å². The average molecular weight is 377 g/mol. The number of nitrogens with one attached hydrogen (secondary N) is 3. The predicted octanol–water partition coefficient (Wildman–Crippen LogP) is 2.17. The molecule has 3 amide bonds. The van der Waals surface area contributed by atoms with E-state index in [1.54, 1.807) is 18.2 Å². The van der Waals surface area contributed by atoms with E-state index in [-0.39, 0.29) is 18.8 Å². The van der Waals surface area contributed by atoms with Gasteiger partial charge in [-0.05, 0) is 29.8 Å². The van der Waals surface area contributed by atoms with Crippen LogP contribution in [0, 0.1) is 11.6 Å². The highest BCUT2D eigenvalue weighted by Crippen LogP contribution is 2.30. The van der Waals surface area contributed by atoms with Crippen LogP contribution in [0.4, 0.5) is 19.3 Å². The molecule has 2 aromatic rings. The van der Waals surface area contributed by atoms with Crippen molar-refractivity contribution < 1.29 is 27.8 Å². The first-order valence-electron chi connectivity index (χ1n) is 8.16. The highest BCUT2D eigenvalue weighted by molar-refractivity contribution is 5.94. The van der Waals surface area contributed by atoms with Crippen molar-refractivity contribution in [3.63, 3.8) is 0 Å². The van der Waals surface area contributed by atoms with Crippen LogP contribution in [0.15, 0.2) is 36.4 Å². The van der Waals surface area contributed by atoms with Crippen molar-refractivity contribution in [1.29, 1.82) is 0 Å². The lowest BCUT2D eigenvalue weighted by atomic mass is 10.2.